The number of hydrogen-bond donors (Lipinski definition) is 0. The third-order valence-corrected chi connectivity index (χ3v) is 5.21. The fraction of sp³-hybridized carbons (Fsp3) is 0.240. The highest BCUT2D eigenvalue weighted by Gasteiger charge is 2.26. The van der Waals surface area contributed by atoms with Crippen molar-refractivity contribution < 1.29 is 19.0 Å². The summed E-state index contributed by atoms with van der Waals surface area (Å²) >= 11 is 0. The van der Waals surface area contributed by atoms with Crippen molar-refractivity contribution in [3.05, 3.63) is 82.7 Å². The molecule has 156 valence electrons. The smallest absolute Gasteiger partial charge is 0.170 e. The summed E-state index contributed by atoms with van der Waals surface area (Å²) in [4.78, 5) is 16.3. The lowest BCUT2D eigenvalue weighted by Gasteiger charge is -2.25. The maximum atomic E-state index is 12.2. The molecule has 0 saturated carbocycles. The second-order valence-electron chi connectivity index (χ2n) is 7.16. The van der Waals surface area contributed by atoms with Crippen molar-refractivity contribution in [1.82, 2.24) is 4.98 Å². The van der Waals surface area contributed by atoms with E-state index in [1.54, 1.807) is 36.7 Å². The van der Waals surface area contributed by atoms with Crippen LogP contribution in [-0.4, -0.2) is 24.0 Å². The van der Waals surface area contributed by atoms with Crippen molar-refractivity contribution >= 4 is 5.78 Å². The first-order valence-electron chi connectivity index (χ1n) is 10.2. The summed E-state index contributed by atoms with van der Waals surface area (Å²) in [6.07, 6.45) is 3.29. The van der Waals surface area contributed by atoms with Gasteiger partial charge in [-0.3, -0.25) is 9.78 Å². The number of carbonyl (C=O) groups is 1. The first-order valence-corrected chi connectivity index (χ1v) is 10.2. The fourth-order valence-electron chi connectivity index (χ4n) is 3.66. The van der Waals surface area contributed by atoms with Gasteiger partial charge in [0.25, 0.3) is 0 Å². The highest BCUT2D eigenvalue weighted by molar-refractivity contribution is 6.00. The number of aromatic nitrogens is 1. The quantitative estimate of drug-likeness (QED) is 0.577. The summed E-state index contributed by atoms with van der Waals surface area (Å²) in [7, 11) is 0. The Labute approximate surface area is 181 Å². The Hall–Kier alpha value is -3.85. The third kappa shape index (κ3) is 4.08. The molecule has 2 aromatic carbocycles. The van der Waals surface area contributed by atoms with E-state index in [4.69, 9.17) is 14.2 Å². The number of carbonyl (C=O) groups excluding carboxylic acids is 1. The zero-order valence-electron chi connectivity index (χ0n) is 17.4. The van der Waals surface area contributed by atoms with Gasteiger partial charge in [-0.1, -0.05) is 0 Å². The van der Waals surface area contributed by atoms with Gasteiger partial charge in [0, 0.05) is 35.5 Å². The Kier molecular flexibility index (Phi) is 5.85. The summed E-state index contributed by atoms with van der Waals surface area (Å²) in [5.41, 5.74) is 3.55. The van der Waals surface area contributed by atoms with E-state index in [0.29, 0.717) is 48.0 Å². The van der Waals surface area contributed by atoms with E-state index in [2.05, 4.69) is 11.1 Å². The summed E-state index contributed by atoms with van der Waals surface area (Å²) in [5, 5.41) is 9.30. The van der Waals surface area contributed by atoms with Crippen molar-refractivity contribution in [2.75, 3.05) is 13.2 Å². The van der Waals surface area contributed by atoms with Gasteiger partial charge in [-0.15, -0.1) is 0 Å². The van der Waals surface area contributed by atoms with E-state index < -0.39 is 6.10 Å². The minimum Gasteiger partial charge on any atom is -0.493 e. The van der Waals surface area contributed by atoms with Gasteiger partial charge in [-0.25, -0.2) is 0 Å². The van der Waals surface area contributed by atoms with Crippen LogP contribution in [0.25, 0.3) is 0 Å². The van der Waals surface area contributed by atoms with Gasteiger partial charge in [-0.05, 0) is 56.3 Å². The number of ketones is 1. The van der Waals surface area contributed by atoms with Crippen molar-refractivity contribution in [1.29, 1.82) is 5.26 Å². The van der Waals surface area contributed by atoms with Gasteiger partial charge in [0.05, 0.1) is 30.4 Å². The highest BCUT2D eigenvalue weighted by Crippen LogP contribution is 2.40. The van der Waals surface area contributed by atoms with E-state index in [1.807, 2.05) is 32.0 Å². The van der Waals surface area contributed by atoms with Crippen LogP contribution in [0.4, 0.5) is 0 Å². The van der Waals surface area contributed by atoms with E-state index >= 15 is 0 Å². The van der Waals surface area contributed by atoms with E-state index in [1.165, 1.54) is 0 Å². The number of nitriles is 1. The van der Waals surface area contributed by atoms with Crippen LogP contribution in [0.5, 0.6) is 17.2 Å². The van der Waals surface area contributed by atoms with Gasteiger partial charge in [0.1, 0.15) is 17.2 Å². The van der Waals surface area contributed by atoms with Crippen LogP contribution in [0, 0.1) is 18.3 Å². The van der Waals surface area contributed by atoms with Gasteiger partial charge in [0.2, 0.25) is 0 Å². The molecular weight excluding hydrogens is 392 g/mol. The number of benzene rings is 2. The molecule has 0 N–H and O–H groups in total. The molecule has 6 nitrogen and oxygen atoms in total. The largest absolute Gasteiger partial charge is 0.493 e. The standard InChI is InChI=1S/C25H22N2O4/c1-3-29-23-14-17(15-26)4-5-20(23)25(18-8-11-27-12-9-18)31-22-7-6-19-21(28)10-13-30-24(19)16(22)2/h4-9,11-12,14,25H,3,10,13H2,1-2H3. The van der Waals surface area contributed by atoms with Crippen LogP contribution in [-0.2, 0) is 0 Å². The molecule has 0 saturated heterocycles. The van der Waals surface area contributed by atoms with Gasteiger partial charge in [0.15, 0.2) is 11.9 Å². The molecule has 2 heterocycles. The van der Waals surface area contributed by atoms with E-state index in [0.717, 1.165) is 16.7 Å². The highest BCUT2D eigenvalue weighted by atomic mass is 16.5. The number of pyridine rings is 1. The molecule has 0 amide bonds. The minimum atomic E-state index is -0.506. The Balaban J connectivity index is 1.80. The van der Waals surface area contributed by atoms with E-state index in [-0.39, 0.29) is 5.78 Å². The molecular formula is C25H22N2O4. The summed E-state index contributed by atoms with van der Waals surface area (Å²) in [6.45, 7) is 4.61. The van der Waals surface area contributed by atoms with Crippen LogP contribution >= 0.6 is 0 Å². The topological polar surface area (TPSA) is 81.4 Å². The lowest BCUT2D eigenvalue weighted by Crippen LogP contribution is -2.17. The molecule has 1 aliphatic heterocycles. The molecule has 0 bridgehead atoms. The predicted molar refractivity (Wildman–Crippen MR) is 115 cm³/mol. The molecule has 4 rings (SSSR count). The van der Waals surface area contributed by atoms with Crippen molar-refractivity contribution in [2.45, 2.75) is 26.4 Å². The summed E-state index contributed by atoms with van der Waals surface area (Å²) < 4.78 is 18.1. The number of hydrogen-bond acceptors (Lipinski definition) is 6. The average molecular weight is 414 g/mol. The lowest BCUT2D eigenvalue weighted by molar-refractivity contribution is 0.0932. The molecule has 0 radical (unpaired) electrons. The van der Waals surface area contributed by atoms with Crippen molar-refractivity contribution in [3.8, 4) is 23.3 Å². The van der Waals surface area contributed by atoms with Crippen LogP contribution in [0.1, 0.15) is 52.1 Å². The molecule has 1 unspecified atom stereocenters. The second-order valence-corrected chi connectivity index (χ2v) is 7.16. The predicted octanol–water partition coefficient (Wildman–Crippen LogP) is 4.79. The number of nitrogens with zero attached hydrogens (tertiary/aromatic N) is 2. The molecule has 31 heavy (non-hydrogen) atoms. The Morgan fingerprint density at radius 2 is 1.97 bits per heavy atom. The van der Waals surface area contributed by atoms with Crippen molar-refractivity contribution in [3.63, 3.8) is 0 Å². The van der Waals surface area contributed by atoms with E-state index in [9.17, 15) is 10.1 Å². The Morgan fingerprint density at radius 3 is 2.71 bits per heavy atom. The normalized spacial score (nSPS) is 13.5. The number of Topliss-reactive ketones (excluding diaryl/α,β-unsaturated/α-hetero) is 1. The lowest BCUT2D eigenvalue weighted by atomic mass is 9.98. The summed E-state index contributed by atoms with van der Waals surface area (Å²) in [5.74, 6) is 1.85. The molecule has 1 aliphatic rings. The van der Waals surface area contributed by atoms with Gasteiger partial charge >= 0.3 is 0 Å². The van der Waals surface area contributed by atoms with Gasteiger partial charge in [-0.2, -0.15) is 5.26 Å². The van der Waals surface area contributed by atoms with Crippen LogP contribution in [0.2, 0.25) is 0 Å². The van der Waals surface area contributed by atoms with Gasteiger partial charge < -0.3 is 14.2 Å². The maximum Gasteiger partial charge on any atom is 0.170 e. The zero-order valence-corrected chi connectivity index (χ0v) is 17.4. The Bertz CT molecular complexity index is 1150. The monoisotopic (exact) mass is 414 g/mol. The van der Waals surface area contributed by atoms with Crippen LogP contribution < -0.4 is 14.2 Å². The first kappa shape index (κ1) is 20.4. The third-order valence-electron chi connectivity index (χ3n) is 5.21. The molecule has 0 aliphatic carbocycles. The second kappa shape index (κ2) is 8.88. The number of fused-ring (bicyclic) bond motifs is 1. The summed E-state index contributed by atoms with van der Waals surface area (Å²) in [6, 6.07) is 14.8. The molecule has 0 spiro atoms. The first-order chi connectivity index (χ1) is 15.1. The molecule has 1 aromatic heterocycles. The maximum absolute atomic E-state index is 12.2. The zero-order chi connectivity index (χ0) is 21.8. The average Bonchev–Trinajstić information content (AvgIpc) is 2.80. The number of ether oxygens (including phenoxy) is 3. The molecule has 0 fully saturated rings. The van der Waals surface area contributed by atoms with Crippen molar-refractivity contribution in [2.24, 2.45) is 0 Å². The SMILES string of the molecule is CCOc1cc(C#N)ccc1C(Oc1ccc2c(c1C)OCCC2=O)c1ccncc1. The van der Waals surface area contributed by atoms with Crippen LogP contribution in [0.15, 0.2) is 54.9 Å². The minimum absolute atomic E-state index is 0.0762. The number of rotatable bonds is 6. The van der Waals surface area contributed by atoms with Crippen LogP contribution in [0.3, 0.4) is 0 Å². The molecule has 1 atom stereocenters. The molecule has 3 aromatic rings. The fourth-order valence-corrected chi connectivity index (χ4v) is 3.66. The Morgan fingerprint density at radius 1 is 1.16 bits per heavy atom. The molecule has 6 heteroatoms.